The van der Waals surface area contributed by atoms with Gasteiger partial charge in [0.05, 0.1) is 18.3 Å². The molecule has 116 valence electrons. The van der Waals surface area contributed by atoms with Gasteiger partial charge in [0.1, 0.15) is 5.41 Å². The molecule has 1 saturated heterocycles. The predicted octanol–water partition coefficient (Wildman–Crippen LogP) is 2.63. The maximum absolute atomic E-state index is 12.4. The number of benzene rings is 1. The summed E-state index contributed by atoms with van der Waals surface area (Å²) in [6.07, 6.45) is 2.57. The van der Waals surface area contributed by atoms with Crippen molar-refractivity contribution in [2.45, 2.75) is 38.7 Å². The van der Waals surface area contributed by atoms with Crippen LogP contribution < -0.4 is 0 Å². The zero-order valence-corrected chi connectivity index (χ0v) is 13.3. The fourth-order valence-corrected chi connectivity index (χ4v) is 3.54. The first-order valence-electron chi connectivity index (χ1n) is 7.91. The SMILES string of the molecule is CC(C)(C#N)C(=O)N1CCC2(CC1)OCCc1ccccc12. The minimum Gasteiger partial charge on any atom is -0.370 e. The summed E-state index contributed by atoms with van der Waals surface area (Å²) < 4.78 is 6.17. The van der Waals surface area contributed by atoms with Gasteiger partial charge in [-0.2, -0.15) is 5.26 Å². The van der Waals surface area contributed by atoms with Gasteiger partial charge in [-0.1, -0.05) is 24.3 Å². The highest BCUT2D eigenvalue weighted by atomic mass is 16.5. The Kier molecular flexibility index (Phi) is 3.70. The fourth-order valence-electron chi connectivity index (χ4n) is 3.54. The van der Waals surface area contributed by atoms with E-state index in [1.165, 1.54) is 11.1 Å². The third kappa shape index (κ3) is 2.40. The molecular weight excluding hydrogens is 276 g/mol. The molecule has 0 saturated carbocycles. The number of fused-ring (bicyclic) bond motifs is 2. The molecule has 0 bridgehead atoms. The number of piperidine rings is 1. The highest BCUT2D eigenvalue weighted by Gasteiger charge is 2.43. The van der Waals surface area contributed by atoms with Crippen molar-refractivity contribution in [1.82, 2.24) is 4.90 Å². The van der Waals surface area contributed by atoms with Crippen LogP contribution in [0.5, 0.6) is 0 Å². The third-order valence-electron chi connectivity index (χ3n) is 4.93. The summed E-state index contributed by atoms with van der Waals surface area (Å²) in [6, 6.07) is 10.6. The van der Waals surface area contributed by atoms with Crippen molar-refractivity contribution >= 4 is 5.91 Å². The van der Waals surface area contributed by atoms with Crippen molar-refractivity contribution in [3.05, 3.63) is 35.4 Å². The summed E-state index contributed by atoms with van der Waals surface area (Å²) in [6.45, 7) is 5.42. The number of hydrogen-bond donors (Lipinski definition) is 0. The molecule has 0 radical (unpaired) electrons. The molecule has 4 nitrogen and oxygen atoms in total. The van der Waals surface area contributed by atoms with Crippen LogP contribution in [0.2, 0.25) is 0 Å². The van der Waals surface area contributed by atoms with E-state index >= 15 is 0 Å². The molecule has 2 aliphatic rings. The van der Waals surface area contributed by atoms with Crippen LogP contribution >= 0.6 is 0 Å². The van der Waals surface area contributed by atoms with Crippen molar-refractivity contribution < 1.29 is 9.53 Å². The Morgan fingerprint density at radius 3 is 2.68 bits per heavy atom. The summed E-state index contributed by atoms with van der Waals surface area (Å²) in [4.78, 5) is 14.2. The van der Waals surface area contributed by atoms with Crippen LogP contribution in [0.15, 0.2) is 24.3 Å². The van der Waals surface area contributed by atoms with Gasteiger partial charge in [0.15, 0.2) is 0 Å². The molecule has 0 N–H and O–H groups in total. The van der Waals surface area contributed by atoms with Crippen molar-refractivity contribution in [2.24, 2.45) is 5.41 Å². The molecule has 1 amide bonds. The van der Waals surface area contributed by atoms with Crippen LogP contribution in [0.1, 0.15) is 37.8 Å². The number of ether oxygens (including phenoxy) is 1. The number of carbonyl (C=O) groups excluding carboxylic acids is 1. The van der Waals surface area contributed by atoms with Crippen molar-refractivity contribution in [3.63, 3.8) is 0 Å². The lowest BCUT2D eigenvalue weighted by Crippen LogP contribution is -2.51. The second kappa shape index (κ2) is 5.40. The van der Waals surface area contributed by atoms with E-state index in [0.29, 0.717) is 13.1 Å². The van der Waals surface area contributed by atoms with Crippen LogP contribution in [-0.2, 0) is 21.6 Å². The number of carbonyl (C=O) groups is 1. The minimum atomic E-state index is -0.949. The van der Waals surface area contributed by atoms with Crippen molar-refractivity contribution in [2.75, 3.05) is 19.7 Å². The number of hydrogen-bond acceptors (Lipinski definition) is 3. The van der Waals surface area contributed by atoms with E-state index < -0.39 is 5.41 Å². The molecule has 22 heavy (non-hydrogen) atoms. The molecular formula is C18H22N2O2. The van der Waals surface area contributed by atoms with Gasteiger partial charge in [-0.05, 0) is 44.2 Å². The predicted molar refractivity (Wildman–Crippen MR) is 83.0 cm³/mol. The Bertz CT molecular complexity index is 622. The van der Waals surface area contributed by atoms with E-state index in [1.54, 1.807) is 13.8 Å². The van der Waals surface area contributed by atoms with Gasteiger partial charge in [-0.15, -0.1) is 0 Å². The molecule has 1 aromatic rings. The van der Waals surface area contributed by atoms with Gasteiger partial charge in [-0.25, -0.2) is 0 Å². The number of nitriles is 1. The fraction of sp³-hybridized carbons (Fsp3) is 0.556. The topological polar surface area (TPSA) is 53.3 Å². The average Bonchev–Trinajstić information content (AvgIpc) is 2.55. The molecule has 0 unspecified atom stereocenters. The summed E-state index contributed by atoms with van der Waals surface area (Å²) in [5.41, 5.74) is 1.46. The lowest BCUT2D eigenvalue weighted by Gasteiger charge is -2.45. The molecule has 1 aromatic carbocycles. The van der Waals surface area contributed by atoms with Gasteiger partial charge in [0, 0.05) is 13.1 Å². The molecule has 1 spiro atoms. The summed E-state index contributed by atoms with van der Waals surface area (Å²) in [5.74, 6) is -0.0751. The van der Waals surface area contributed by atoms with Crippen LogP contribution in [-0.4, -0.2) is 30.5 Å². The highest BCUT2D eigenvalue weighted by Crippen LogP contribution is 2.41. The Balaban J connectivity index is 1.78. The highest BCUT2D eigenvalue weighted by molar-refractivity contribution is 5.84. The zero-order chi connectivity index (χ0) is 15.8. The summed E-state index contributed by atoms with van der Waals surface area (Å²) in [7, 11) is 0. The molecule has 0 aromatic heterocycles. The van der Waals surface area contributed by atoms with Crippen LogP contribution in [0.3, 0.4) is 0 Å². The maximum Gasteiger partial charge on any atom is 0.242 e. The first-order valence-corrected chi connectivity index (χ1v) is 7.91. The van der Waals surface area contributed by atoms with Gasteiger partial charge in [0.2, 0.25) is 5.91 Å². The van der Waals surface area contributed by atoms with Crippen molar-refractivity contribution in [1.29, 1.82) is 5.26 Å². The number of rotatable bonds is 1. The summed E-state index contributed by atoms with van der Waals surface area (Å²) >= 11 is 0. The van der Waals surface area contributed by atoms with E-state index in [2.05, 4.69) is 30.3 Å². The van der Waals surface area contributed by atoms with Crippen LogP contribution in [0.4, 0.5) is 0 Å². The monoisotopic (exact) mass is 298 g/mol. The van der Waals surface area contributed by atoms with Crippen LogP contribution in [0.25, 0.3) is 0 Å². The molecule has 1 fully saturated rings. The van der Waals surface area contributed by atoms with Crippen molar-refractivity contribution in [3.8, 4) is 6.07 Å². The Morgan fingerprint density at radius 1 is 1.32 bits per heavy atom. The van der Waals surface area contributed by atoms with Gasteiger partial charge in [-0.3, -0.25) is 4.79 Å². The molecule has 0 aliphatic carbocycles. The van der Waals surface area contributed by atoms with Crippen LogP contribution in [0, 0.1) is 16.7 Å². The second-order valence-corrected chi connectivity index (χ2v) is 6.78. The molecule has 0 atom stereocenters. The Morgan fingerprint density at radius 2 is 2.00 bits per heavy atom. The van der Waals surface area contributed by atoms with Gasteiger partial charge >= 0.3 is 0 Å². The largest absolute Gasteiger partial charge is 0.370 e. The minimum absolute atomic E-state index is 0.0751. The second-order valence-electron chi connectivity index (χ2n) is 6.78. The molecule has 3 rings (SSSR count). The number of amides is 1. The standard InChI is InChI=1S/C18H22N2O2/c1-17(2,13-19)16(21)20-10-8-18(9-11-20)15-6-4-3-5-14(15)7-12-22-18/h3-6H,7-12H2,1-2H3. The summed E-state index contributed by atoms with van der Waals surface area (Å²) in [5, 5.41) is 9.15. The van der Waals surface area contributed by atoms with E-state index in [1.807, 2.05) is 4.90 Å². The lowest BCUT2D eigenvalue weighted by atomic mass is 9.79. The van der Waals surface area contributed by atoms with E-state index in [4.69, 9.17) is 10.00 Å². The van der Waals surface area contributed by atoms with E-state index in [-0.39, 0.29) is 11.5 Å². The smallest absolute Gasteiger partial charge is 0.242 e. The lowest BCUT2D eigenvalue weighted by molar-refractivity contribution is -0.146. The Labute approximate surface area is 131 Å². The third-order valence-corrected chi connectivity index (χ3v) is 4.93. The zero-order valence-electron chi connectivity index (χ0n) is 13.3. The molecule has 2 heterocycles. The first-order chi connectivity index (χ1) is 10.5. The van der Waals surface area contributed by atoms with Gasteiger partial charge in [0.25, 0.3) is 0 Å². The maximum atomic E-state index is 12.4. The molecule has 2 aliphatic heterocycles. The van der Waals surface area contributed by atoms with E-state index in [9.17, 15) is 4.79 Å². The first kappa shape index (κ1) is 15.1. The normalized spacial score (nSPS) is 20.3. The molecule has 4 heteroatoms. The quantitative estimate of drug-likeness (QED) is 0.801. The van der Waals surface area contributed by atoms with Gasteiger partial charge < -0.3 is 9.64 Å². The van der Waals surface area contributed by atoms with E-state index in [0.717, 1.165) is 25.9 Å². The number of likely N-dealkylation sites (tertiary alicyclic amines) is 1. The number of nitrogens with zero attached hydrogens (tertiary/aromatic N) is 2. The average molecular weight is 298 g/mol. The Hall–Kier alpha value is -1.86.